The van der Waals surface area contributed by atoms with Gasteiger partial charge in [-0.25, -0.2) is 0 Å². The van der Waals surface area contributed by atoms with Crippen molar-refractivity contribution in [3.05, 3.63) is 18.2 Å². The van der Waals surface area contributed by atoms with Crippen LogP contribution in [0, 0.1) is 5.41 Å². The summed E-state index contributed by atoms with van der Waals surface area (Å²) < 4.78 is 10.5. The SMILES string of the molecule is CCN(C(=N)N=C(N)N)c1ccc2c(c1)OCO2. The molecule has 18 heavy (non-hydrogen) atoms. The monoisotopic (exact) mass is 249 g/mol. The molecule has 96 valence electrons. The van der Waals surface area contributed by atoms with Crippen LogP contribution >= 0.6 is 0 Å². The van der Waals surface area contributed by atoms with Gasteiger partial charge in [-0.15, -0.1) is 0 Å². The van der Waals surface area contributed by atoms with E-state index >= 15 is 0 Å². The lowest BCUT2D eigenvalue weighted by atomic mass is 10.2. The molecule has 0 amide bonds. The molecule has 0 atom stereocenters. The normalized spacial score (nSPS) is 12.1. The van der Waals surface area contributed by atoms with Gasteiger partial charge in [-0.2, -0.15) is 4.99 Å². The van der Waals surface area contributed by atoms with Crippen LogP contribution in [0.15, 0.2) is 23.2 Å². The van der Waals surface area contributed by atoms with Crippen molar-refractivity contribution in [1.29, 1.82) is 5.41 Å². The van der Waals surface area contributed by atoms with Crippen molar-refractivity contribution in [2.75, 3.05) is 18.2 Å². The summed E-state index contributed by atoms with van der Waals surface area (Å²) in [5.41, 5.74) is 11.3. The molecule has 1 aliphatic rings. The second-order valence-electron chi connectivity index (χ2n) is 3.64. The number of benzene rings is 1. The van der Waals surface area contributed by atoms with E-state index in [9.17, 15) is 0 Å². The lowest BCUT2D eigenvalue weighted by molar-refractivity contribution is 0.174. The summed E-state index contributed by atoms with van der Waals surface area (Å²) in [6.07, 6.45) is 0. The zero-order valence-corrected chi connectivity index (χ0v) is 10.0. The van der Waals surface area contributed by atoms with Crippen molar-refractivity contribution < 1.29 is 9.47 Å². The molecular weight excluding hydrogens is 234 g/mol. The fraction of sp³-hybridized carbons (Fsp3) is 0.273. The average molecular weight is 249 g/mol. The Morgan fingerprint density at radius 2 is 2.11 bits per heavy atom. The van der Waals surface area contributed by atoms with Crippen LogP contribution in [0.3, 0.4) is 0 Å². The first-order chi connectivity index (χ1) is 8.61. The van der Waals surface area contributed by atoms with Crippen LogP contribution < -0.4 is 25.8 Å². The van der Waals surface area contributed by atoms with Gasteiger partial charge in [0.15, 0.2) is 17.5 Å². The highest BCUT2D eigenvalue weighted by Crippen LogP contribution is 2.35. The van der Waals surface area contributed by atoms with Gasteiger partial charge in [-0.1, -0.05) is 0 Å². The van der Waals surface area contributed by atoms with Crippen LogP contribution in [0.25, 0.3) is 0 Å². The maximum Gasteiger partial charge on any atom is 0.231 e. The lowest BCUT2D eigenvalue weighted by Gasteiger charge is -2.21. The van der Waals surface area contributed by atoms with Crippen LogP contribution in [0.2, 0.25) is 0 Å². The maximum absolute atomic E-state index is 7.82. The molecule has 1 aliphatic heterocycles. The number of fused-ring (bicyclic) bond motifs is 1. The van der Waals surface area contributed by atoms with E-state index in [4.69, 9.17) is 26.4 Å². The quantitative estimate of drug-likeness (QED) is 0.520. The van der Waals surface area contributed by atoms with Crippen molar-refractivity contribution in [3.63, 3.8) is 0 Å². The minimum Gasteiger partial charge on any atom is -0.454 e. The number of anilines is 1. The fourth-order valence-corrected chi connectivity index (χ4v) is 1.69. The Bertz CT molecular complexity index is 496. The predicted molar refractivity (Wildman–Crippen MR) is 69.1 cm³/mol. The Hall–Kier alpha value is -2.44. The number of nitrogens with one attached hydrogen (secondary N) is 1. The number of rotatable bonds is 2. The Morgan fingerprint density at radius 3 is 2.78 bits per heavy atom. The molecular formula is C11H15N5O2. The van der Waals surface area contributed by atoms with E-state index in [1.165, 1.54) is 0 Å². The number of guanidine groups is 2. The molecule has 0 aliphatic carbocycles. The van der Waals surface area contributed by atoms with Crippen molar-refractivity contribution in [2.24, 2.45) is 16.5 Å². The largest absolute Gasteiger partial charge is 0.454 e. The average Bonchev–Trinajstić information content (AvgIpc) is 2.76. The first-order valence-electron chi connectivity index (χ1n) is 5.47. The molecule has 1 heterocycles. The van der Waals surface area contributed by atoms with Crippen LogP contribution in [0.5, 0.6) is 11.5 Å². The van der Waals surface area contributed by atoms with E-state index in [0.717, 1.165) is 5.69 Å². The fourth-order valence-electron chi connectivity index (χ4n) is 1.69. The second kappa shape index (κ2) is 4.82. The Balaban J connectivity index is 2.28. The molecule has 1 aromatic carbocycles. The zero-order valence-electron chi connectivity index (χ0n) is 10.0. The van der Waals surface area contributed by atoms with Crippen LogP contribution in [-0.4, -0.2) is 25.3 Å². The maximum atomic E-state index is 7.82. The highest BCUT2D eigenvalue weighted by atomic mass is 16.7. The molecule has 0 aromatic heterocycles. The molecule has 1 aromatic rings. The van der Waals surface area contributed by atoms with E-state index in [-0.39, 0.29) is 18.7 Å². The molecule has 0 spiro atoms. The summed E-state index contributed by atoms with van der Waals surface area (Å²) >= 11 is 0. The number of ether oxygens (including phenoxy) is 2. The van der Waals surface area contributed by atoms with Gasteiger partial charge in [-0.05, 0) is 19.1 Å². The minimum atomic E-state index is -0.140. The molecule has 2 rings (SSSR count). The predicted octanol–water partition coefficient (Wildman–Crippen LogP) is 0.450. The number of nitrogens with zero attached hydrogens (tertiary/aromatic N) is 2. The van der Waals surface area contributed by atoms with Crippen LogP contribution in [-0.2, 0) is 0 Å². The van der Waals surface area contributed by atoms with Gasteiger partial charge < -0.3 is 25.8 Å². The molecule has 0 radical (unpaired) electrons. The Labute approximate surface area is 104 Å². The van der Waals surface area contributed by atoms with Gasteiger partial charge in [0.2, 0.25) is 12.8 Å². The summed E-state index contributed by atoms with van der Waals surface area (Å²) in [5.74, 6) is 1.20. The van der Waals surface area contributed by atoms with Crippen molar-refractivity contribution >= 4 is 17.6 Å². The van der Waals surface area contributed by atoms with Gasteiger partial charge in [-0.3, -0.25) is 5.41 Å². The third-order valence-electron chi connectivity index (χ3n) is 2.47. The van der Waals surface area contributed by atoms with Crippen LogP contribution in [0.1, 0.15) is 6.92 Å². The van der Waals surface area contributed by atoms with Gasteiger partial charge >= 0.3 is 0 Å². The van der Waals surface area contributed by atoms with Crippen molar-refractivity contribution in [2.45, 2.75) is 6.92 Å². The minimum absolute atomic E-state index is 0.0173. The Kier molecular flexibility index (Phi) is 3.22. The molecule has 0 saturated carbocycles. The number of hydrogen-bond donors (Lipinski definition) is 3. The molecule has 0 fully saturated rings. The number of nitrogens with two attached hydrogens (primary N) is 2. The third-order valence-corrected chi connectivity index (χ3v) is 2.47. The topological polar surface area (TPSA) is 110 Å². The first kappa shape index (κ1) is 12.0. The van der Waals surface area contributed by atoms with E-state index in [1.54, 1.807) is 17.0 Å². The molecule has 0 unspecified atom stereocenters. The smallest absolute Gasteiger partial charge is 0.231 e. The van der Waals surface area contributed by atoms with Gasteiger partial charge in [0.1, 0.15) is 0 Å². The summed E-state index contributed by atoms with van der Waals surface area (Å²) in [6, 6.07) is 5.42. The number of hydrogen-bond acceptors (Lipinski definition) is 3. The highest BCUT2D eigenvalue weighted by molar-refractivity contribution is 6.01. The molecule has 0 saturated heterocycles. The third kappa shape index (κ3) is 2.29. The summed E-state index contributed by atoms with van der Waals surface area (Å²) in [7, 11) is 0. The first-order valence-corrected chi connectivity index (χ1v) is 5.47. The molecule has 7 heteroatoms. The molecule has 5 N–H and O–H groups in total. The zero-order chi connectivity index (χ0) is 13.1. The standard InChI is InChI=1S/C11H15N5O2/c1-2-16(11(14)15-10(12)13)7-3-4-8-9(5-7)18-6-17-8/h3-5H,2,6H2,1H3,(H5,12,13,14,15). The van der Waals surface area contributed by atoms with Crippen LogP contribution in [0.4, 0.5) is 5.69 Å². The van der Waals surface area contributed by atoms with E-state index < -0.39 is 0 Å². The van der Waals surface area contributed by atoms with E-state index in [2.05, 4.69) is 4.99 Å². The van der Waals surface area contributed by atoms with E-state index in [1.807, 2.05) is 13.0 Å². The van der Waals surface area contributed by atoms with Gasteiger partial charge in [0.05, 0.1) is 0 Å². The summed E-state index contributed by atoms with van der Waals surface area (Å²) in [6.45, 7) is 2.69. The van der Waals surface area contributed by atoms with Gasteiger partial charge in [0.25, 0.3) is 0 Å². The summed E-state index contributed by atoms with van der Waals surface area (Å²) in [5, 5.41) is 7.82. The van der Waals surface area contributed by atoms with Gasteiger partial charge in [0, 0.05) is 18.3 Å². The molecule has 7 nitrogen and oxygen atoms in total. The second-order valence-corrected chi connectivity index (χ2v) is 3.64. The highest BCUT2D eigenvalue weighted by Gasteiger charge is 2.17. The molecule has 0 bridgehead atoms. The number of aliphatic imine (C=N–C) groups is 1. The lowest BCUT2D eigenvalue weighted by Crippen LogP contribution is -2.33. The van der Waals surface area contributed by atoms with E-state index in [0.29, 0.717) is 18.0 Å². The van der Waals surface area contributed by atoms with Crippen molar-refractivity contribution in [3.8, 4) is 11.5 Å². The Morgan fingerprint density at radius 1 is 1.39 bits per heavy atom. The van der Waals surface area contributed by atoms with Crippen molar-refractivity contribution in [1.82, 2.24) is 0 Å². The summed E-state index contributed by atoms with van der Waals surface area (Å²) in [4.78, 5) is 5.38.